The summed E-state index contributed by atoms with van der Waals surface area (Å²) in [4.78, 5) is 11.1. The van der Waals surface area contributed by atoms with Gasteiger partial charge in [0.1, 0.15) is 6.10 Å². The van der Waals surface area contributed by atoms with Gasteiger partial charge in [0.25, 0.3) is 0 Å². The van der Waals surface area contributed by atoms with Crippen LogP contribution in [-0.2, 0) is 19.6 Å². The van der Waals surface area contributed by atoms with E-state index in [0.29, 0.717) is 0 Å². The summed E-state index contributed by atoms with van der Waals surface area (Å²) in [6.07, 6.45) is 0.542. The maximum atomic E-state index is 11.1. The van der Waals surface area contributed by atoms with Gasteiger partial charge in [-0.15, -0.1) is 0 Å². The van der Waals surface area contributed by atoms with Crippen LogP contribution in [0.25, 0.3) is 0 Å². The smallest absolute Gasteiger partial charge is 0.248 e. The lowest BCUT2D eigenvalue weighted by Crippen LogP contribution is -2.39. The molecule has 1 amide bonds. The van der Waals surface area contributed by atoms with Gasteiger partial charge < -0.3 is 10.1 Å². The van der Waals surface area contributed by atoms with Crippen molar-refractivity contribution in [2.24, 2.45) is 0 Å². The molecule has 0 spiro atoms. The molecular formula is C7H16N2O4S. The van der Waals surface area contributed by atoms with Crippen molar-refractivity contribution < 1.29 is 17.9 Å². The van der Waals surface area contributed by atoms with Crippen molar-refractivity contribution in [3.63, 3.8) is 0 Å². The van der Waals surface area contributed by atoms with Crippen molar-refractivity contribution in [2.75, 3.05) is 26.5 Å². The van der Waals surface area contributed by atoms with Crippen LogP contribution in [0.1, 0.15) is 6.92 Å². The zero-order valence-corrected chi connectivity index (χ0v) is 9.35. The van der Waals surface area contributed by atoms with Crippen LogP contribution in [0.5, 0.6) is 0 Å². The number of nitrogens with one attached hydrogen (secondary N) is 2. The first-order valence-electron chi connectivity index (χ1n) is 4.12. The van der Waals surface area contributed by atoms with Gasteiger partial charge in [-0.3, -0.25) is 4.79 Å². The standard InChI is InChI=1S/C7H16N2O4S/c1-6(13-2)7(10)8-4-5-9-14(3,11)12/h6,9H,4-5H2,1-3H3,(H,8,10). The summed E-state index contributed by atoms with van der Waals surface area (Å²) in [5.41, 5.74) is 0. The molecule has 2 N–H and O–H groups in total. The van der Waals surface area contributed by atoms with Gasteiger partial charge in [0.15, 0.2) is 0 Å². The third-order valence-electron chi connectivity index (χ3n) is 1.51. The summed E-state index contributed by atoms with van der Waals surface area (Å²) in [6.45, 7) is 2.04. The van der Waals surface area contributed by atoms with E-state index in [0.717, 1.165) is 6.26 Å². The fraction of sp³-hybridized carbons (Fsp3) is 0.857. The number of methoxy groups -OCH3 is 1. The van der Waals surface area contributed by atoms with Crippen molar-refractivity contribution in [1.82, 2.24) is 10.0 Å². The van der Waals surface area contributed by atoms with Crippen LogP contribution in [0.4, 0.5) is 0 Å². The van der Waals surface area contributed by atoms with E-state index in [1.54, 1.807) is 6.92 Å². The maximum Gasteiger partial charge on any atom is 0.248 e. The van der Waals surface area contributed by atoms with Crippen LogP contribution in [0.15, 0.2) is 0 Å². The molecule has 0 aliphatic heterocycles. The van der Waals surface area contributed by atoms with Gasteiger partial charge in [-0.2, -0.15) is 0 Å². The highest BCUT2D eigenvalue weighted by molar-refractivity contribution is 7.88. The van der Waals surface area contributed by atoms with E-state index < -0.39 is 16.1 Å². The molecule has 0 aromatic carbocycles. The molecule has 0 bridgehead atoms. The zero-order valence-electron chi connectivity index (χ0n) is 8.53. The predicted molar refractivity (Wildman–Crippen MR) is 52.3 cm³/mol. The van der Waals surface area contributed by atoms with Crippen LogP contribution < -0.4 is 10.0 Å². The Balaban J connectivity index is 3.61. The van der Waals surface area contributed by atoms with Crippen LogP contribution in [0, 0.1) is 0 Å². The molecule has 0 fully saturated rings. The van der Waals surface area contributed by atoms with E-state index in [2.05, 4.69) is 10.0 Å². The fourth-order valence-corrected chi connectivity index (χ4v) is 1.15. The van der Waals surface area contributed by atoms with Crippen LogP contribution in [0.2, 0.25) is 0 Å². The summed E-state index contributed by atoms with van der Waals surface area (Å²) >= 11 is 0. The minimum atomic E-state index is -3.18. The van der Waals surface area contributed by atoms with E-state index in [9.17, 15) is 13.2 Å². The largest absolute Gasteiger partial charge is 0.372 e. The Hall–Kier alpha value is -0.660. The molecule has 0 aromatic rings. The first-order valence-corrected chi connectivity index (χ1v) is 6.01. The molecule has 0 aliphatic rings. The average Bonchev–Trinajstić information content (AvgIpc) is 2.09. The van der Waals surface area contributed by atoms with E-state index in [-0.39, 0.29) is 19.0 Å². The number of hydrogen-bond donors (Lipinski definition) is 2. The van der Waals surface area contributed by atoms with Gasteiger partial charge in [-0.1, -0.05) is 0 Å². The molecule has 6 nitrogen and oxygen atoms in total. The Bertz CT molecular complexity index is 275. The normalized spacial score (nSPS) is 13.6. The number of carbonyl (C=O) groups excluding carboxylic acids is 1. The third kappa shape index (κ3) is 6.81. The molecule has 7 heteroatoms. The molecule has 0 aliphatic carbocycles. The zero-order chi connectivity index (χ0) is 11.2. The lowest BCUT2D eigenvalue weighted by molar-refractivity contribution is -0.129. The fourth-order valence-electron chi connectivity index (χ4n) is 0.673. The molecule has 14 heavy (non-hydrogen) atoms. The van der Waals surface area contributed by atoms with Crippen molar-refractivity contribution in [3.8, 4) is 0 Å². The van der Waals surface area contributed by atoms with Crippen LogP contribution >= 0.6 is 0 Å². The molecule has 0 rings (SSSR count). The Morgan fingerprint density at radius 2 is 2.00 bits per heavy atom. The lowest BCUT2D eigenvalue weighted by atomic mass is 10.4. The van der Waals surface area contributed by atoms with Gasteiger partial charge in [0.05, 0.1) is 6.26 Å². The van der Waals surface area contributed by atoms with Gasteiger partial charge >= 0.3 is 0 Å². The minimum Gasteiger partial charge on any atom is -0.372 e. The number of sulfonamides is 1. The number of rotatable bonds is 6. The number of ether oxygens (including phenoxy) is 1. The lowest BCUT2D eigenvalue weighted by Gasteiger charge is -2.10. The van der Waals surface area contributed by atoms with Gasteiger partial charge in [0, 0.05) is 20.2 Å². The van der Waals surface area contributed by atoms with E-state index >= 15 is 0 Å². The third-order valence-corrected chi connectivity index (χ3v) is 2.24. The van der Waals surface area contributed by atoms with Crippen molar-refractivity contribution >= 4 is 15.9 Å². The van der Waals surface area contributed by atoms with E-state index in [1.165, 1.54) is 7.11 Å². The highest BCUT2D eigenvalue weighted by Gasteiger charge is 2.10. The van der Waals surface area contributed by atoms with Crippen molar-refractivity contribution in [1.29, 1.82) is 0 Å². The number of amides is 1. The molecule has 0 radical (unpaired) electrons. The summed E-state index contributed by atoms with van der Waals surface area (Å²) in [5, 5.41) is 2.52. The van der Waals surface area contributed by atoms with Crippen LogP contribution in [-0.4, -0.2) is 46.9 Å². The quantitative estimate of drug-likeness (QED) is 0.548. The second-order valence-corrected chi connectivity index (χ2v) is 4.67. The highest BCUT2D eigenvalue weighted by atomic mass is 32.2. The van der Waals surface area contributed by atoms with Gasteiger partial charge in [-0.25, -0.2) is 13.1 Å². The molecule has 1 unspecified atom stereocenters. The monoisotopic (exact) mass is 224 g/mol. The first-order chi connectivity index (χ1) is 6.37. The molecule has 84 valence electrons. The summed E-state index contributed by atoms with van der Waals surface area (Å²) in [6, 6.07) is 0. The Labute approximate surface area is 84.1 Å². The summed E-state index contributed by atoms with van der Waals surface area (Å²) in [7, 11) is -1.75. The first kappa shape index (κ1) is 13.3. The minimum absolute atomic E-state index is 0.182. The number of carbonyl (C=O) groups is 1. The molecule has 0 heterocycles. The van der Waals surface area contributed by atoms with Gasteiger partial charge in [0.2, 0.25) is 15.9 Å². The average molecular weight is 224 g/mol. The van der Waals surface area contributed by atoms with E-state index in [1.807, 2.05) is 0 Å². The summed E-state index contributed by atoms with van der Waals surface area (Å²) in [5.74, 6) is -0.261. The Kier molecular flexibility index (Phi) is 5.66. The molecular weight excluding hydrogens is 208 g/mol. The topological polar surface area (TPSA) is 84.5 Å². The molecule has 0 aromatic heterocycles. The van der Waals surface area contributed by atoms with E-state index in [4.69, 9.17) is 4.74 Å². The molecule has 1 atom stereocenters. The predicted octanol–water partition coefficient (Wildman–Crippen LogP) is -1.31. The van der Waals surface area contributed by atoms with Crippen molar-refractivity contribution in [3.05, 3.63) is 0 Å². The second-order valence-electron chi connectivity index (χ2n) is 2.84. The summed E-state index contributed by atoms with van der Waals surface area (Å²) < 4.78 is 28.2. The van der Waals surface area contributed by atoms with Crippen LogP contribution in [0.3, 0.4) is 0 Å². The number of hydrogen-bond acceptors (Lipinski definition) is 4. The Morgan fingerprint density at radius 3 is 2.43 bits per heavy atom. The molecule has 0 saturated heterocycles. The Morgan fingerprint density at radius 1 is 1.43 bits per heavy atom. The maximum absolute atomic E-state index is 11.1. The van der Waals surface area contributed by atoms with Gasteiger partial charge in [-0.05, 0) is 6.92 Å². The highest BCUT2D eigenvalue weighted by Crippen LogP contribution is 1.85. The SMILES string of the molecule is COC(C)C(=O)NCCNS(C)(=O)=O. The second kappa shape index (κ2) is 5.94. The van der Waals surface area contributed by atoms with Crippen molar-refractivity contribution in [2.45, 2.75) is 13.0 Å². The molecule has 0 saturated carbocycles.